The minimum atomic E-state index is -1.38. The lowest BCUT2D eigenvalue weighted by Gasteiger charge is -2.09. The molecule has 1 atom stereocenters. The number of phenolic OH excluding ortho intramolecular Hbond substituents is 1. The Hall–Kier alpha value is -1.62. The van der Waals surface area contributed by atoms with Crippen LogP contribution in [0.5, 0.6) is 5.75 Å². The first kappa shape index (κ1) is 10.5. The van der Waals surface area contributed by atoms with E-state index in [-0.39, 0.29) is 11.3 Å². The summed E-state index contributed by atoms with van der Waals surface area (Å²) >= 11 is 0. The lowest BCUT2D eigenvalue weighted by molar-refractivity contribution is 0.0691. The van der Waals surface area contributed by atoms with E-state index in [1.165, 1.54) is 0 Å². The van der Waals surface area contributed by atoms with Crippen LogP contribution in [0.1, 0.15) is 28.9 Å². The standard InChI is InChI=1S/C9H10FNO3/c1-4(11)5-2-6(9(13)14)7(10)3-8(5)12/h2-4,12H,11H2,1H3,(H,13,14)/t4-/m0/s1. The van der Waals surface area contributed by atoms with Gasteiger partial charge in [-0.05, 0) is 13.0 Å². The molecule has 0 aromatic heterocycles. The SMILES string of the molecule is C[C@H](N)c1cc(C(=O)O)c(F)cc1O. The third kappa shape index (κ3) is 1.82. The summed E-state index contributed by atoms with van der Waals surface area (Å²) in [6.07, 6.45) is 0. The van der Waals surface area contributed by atoms with Crippen LogP contribution in [0, 0.1) is 5.82 Å². The lowest BCUT2D eigenvalue weighted by atomic mass is 10.0. The Labute approximate surface area is 79.8 Å². The van der Waals surface area contributed by atoms with Crippen LogP contribution in [0.15, 0.2) is 12.1 Å². The second kappa shape index (κ2) is 3.63. The molecule has 0 bridgehead atoms. The van der Waals surface area contributed by atoms with Crippen molar-refractivity contribution >= 4 is 5.97 Å². The molecule has 0 heterocycles. The molecule has 4 nitrogen and oxygen atoms in total. The molecule has 0 fully saturated rings. The topological polar surface area (TPSA) is 83.6 Å². The van der Waals surface area contributed by atoms with Crippen molar-refractivity contribution in [3.63, 3.8) is 0 Å². The molecule has 0 aliphatic carbocycles. The first-order chi connectivity index (χ1) is 6.43. The first-order valence-corrected chi connectivity index (χ1v) is 3.94. The summed E-state index contributed by atoms with van der Waals surface area (Å²) in [7, 11) is 0. The number of aromatic carboxylic acids is 1. The summed E-state index contributed by atoms with van der Waals surface area (Å²) < 4.78 is 13.0. The second-order valence-electron chi connectivity index (χ2n) is 2.98. The van der Waals surface area contributed by atoms with Gasteiger partial charge in [0.1, 0.15) is 11.6 Å². The molecule has 0 saturated heterocycles. The van der Waals surface area contributed by atoms with Gasteiger partial charge >= 0.3 is 5.97 Å². The van der Waals surface area contributed by atoms with Gasteiger partial charge in [0.2, 0.25) is 0 Å². The number of halogens is 1. The highest BCUT2D eigenvalue weighted by Crippen LogP contribution is 2.25. The van der Waals surface area contributed by atoms with Gasteiger partial charge in [-0.2, -0.15) is 0 Å². The number of benzene rings is 1. The average Bonchev–Trinajstić information content (AvgIpc) is 2.02. The molecule has 4 N–H and O–H groups in total. The molecule has 1 aromatic rings. The summed E-state index contributed by atoms with van der Waals surface area (Å²) in [5.41, 5.74) is 5.18. The third-order valence-electron chi connectivity index (χ3n) is 1.84. The zero-order chi connectivity index (χ0) is 10.9. The van der Waals surface area contributed by atoms with Crippen molar-refractivity contribution in [2.75, 3.05) is 0 Å². The summed E-state index contributed by atoms with van der Waals surface area (Å²) in [6, 6.07) is 1.24. The van der Waals surface area contributed by atoms with Crippen molar-refractivity contribution in [3.8, 4) is 5.75 Å². The second-order valence-corrected chi connectivity index (χ2v) is 2.98. The minimum Gasteiger partial charge on any atom is -0.508 e. The van der Waals surface area contributed by atoms with Gasteiger partial charge in [-0.1, -0.05) is 0 Å². The summed E-state index contributed by atoms with van der Waals surface area (Å²) in [4.78, 5) is 10.5. The van der Waals surface area contributed by atoms with E-state index >= 15 is 0 Å². The number of phenols is 1. The zero-order valence-electron chi connectivity index (χ0n) is 7.49. The normalized spacial score (nSPS) is 12.5. The zero-order valence-corrected chi connectivity index (χ0v) is 7.49. The predicted octanol–water partition coefficient (Wildman–Crippen LogP) is 1.25. The van der Waals surface area contributed by atoms with Crippen molar-refractivity contribution < 1.29 is 19.4 Å². The molecule has 76 valence electrons. The van der Waals surface area contributed by atoms with Crippen molar-refractivity contribution in [3.05, 3.63) is 29.1 Å². The number of aromatic hydroxyl groups is 1. The van der Waals surface area contributed by atoms with Crippen LogP contribution in [-0.4, -0.2) is 16.2 Å². The Bertz CT molecular complexity index is 377. The van der Waals surface area contributed by atoms with Crippen LogP contribution < -0.4 is 5.73 Å². The number of carbonyl (C=O) groups is 1. The molecule has 0 radical (unpaired) electrons. The molecule has 0 saturated carbocycles. The van der Waals surface area contributed by atoms with Gasteiger partial charge in [0, 0.05) is 17.7 Å². The molecular formula is C9H10FNO3. The Kier molecular flexibility index (Phi) is 2.71. The van der Waals surface area contributed by atoms with Crippen LogP contribution in [0.3, 0.4) is 0 Å². The molecule has 0 amide bonds. The van der Waals surface area contributed by atoms with Gasteiger partial charge in [-0.3, -0.25) is 0 Å². The van der Waals surface area contributed by atoms with E-state index < -0.39 is 23.4 Å². The number of carboxylic acid groups (broad SMARTS) is 1. The Morgan fingerprint density at radius 3 is 2.57 bits per heavy atom. The van der Waals surface area contributed by atoms with E-state index in [2.05, 4.69) is 0 Å². The predicted molar refractivity (Wildman–Crippen MR) is 47.6 cm³/mol. The van der Waals surface area contributed by atoms with Gasteiger partial charge in [0.05, 0.1) is 5.56 Å². The number of nitrogens with two attached hydrogens (primary N) is 1. The van der Waals surface area contributed by atoms with E-state index in [1.807, 2.05) is 0 Å². The van der Waals surface area contributed by atoms with Gasteiger partial charge in [-0.25, -0.2) is 9.18 Å². The minimum absolute atomic E-state index is 0.212. The van der Waals surface area contributed by atoms with Gasteiger partial charge in [-0.15, -0.1) is 0 Å². The maximum Gasteiger partial charge on any atom is 0.338 e. The highest BCUT2D eigenvalue weighted by Gasteiger charge is 2.16. The monoisotopic (exact) mass is 199 g/mol. The van der Waals surface area contributed by atoms with Crippen LogP contribution in [0.4, 0.5) is 4.39 Å². The maximum atomic E-state index is 13.0. The summed E-state index contributed by atoms with van der Waals surface area (Å²) in [5.74, 6) is -2.69. The molecular weight excluding hydrogens is 189 g/mol. The highest BCUT2D eigenvalue weighted by atomic mass is 19.1. The van der Waals surface area contributed by atoms with Crippen molar-refractivity contribution in [2.24, 2.45) is 5.73 Å². The largest absolute Gasteiger partial charge is 0.508 e. The van der Waals surface area contributed by atoms with Crippen LogP contribution in [0.2, 0.25) is 0 Å². The fraction of sp³-hybridized carbons (Fsp3) is 0.222. The Balaban J connectivity index is 3.34. The van der Waals surface area contributed by atoms with Gasteiger partial charge in [0.25, 0.3) is 0 Å². The molecule has 1 rings (SSSR count). The van der Waals surface area contributed by atoms with Crippen molar-refractivity contribution in [2.45, 2.75) is 13.0 Å². The van der Waals surface area contributed by atoms with Crippen molar-refractivity contribution in [1.29, 1.82) is 0 Å². The Morgan fingerprint density at radius 2 is 2.14 bits per heavy atom. The number of carboxylic acids is 1. The molecule has 0 aliphatic heterocycles. The molecule has 5 heteroatoms. The number of rotatable bonds is 2. The molecule has 14 heavy (non-hydrogen) atoms. The lowest BCUT2D eigenvalue weighted by Crippen LogP contribution is -2.09. The van der Waals surface area contributed by atoms with E-state index in [0.717, 1.165) is 12.1 Å². The van der Waals surface area contributed by atoms with Gasteiger partial charge in [0.15, 0.2) is 0 Å². The molecule has 1 aromatic carbocycles. The van der Waals surface area contributed by atoms with E-state index in [0.29, 0.717) is 0 Å². The van der Waals surface area contributed by atoms with Crippen molar-refractivity contribution in [1.82, 2.24) is 0 Å². The quantitative estimate of drug-likeness (QED) is 0.669. The van der Waals surface area contributed by atoms with E-state index in [1.54, 1.807) is 6.92 Å². The fourth-order valence-corrected chi connectivity index (χ4v) is 1.11. The summed E-state index contributed by atoms with van der Waals surface area (Å²) in [6.45, 7) is 1.57. The maximum absolute atomic E-state index is 13.0. The third-order valence-corrected chi connectivity index (χ3v) is 1.84. The molecule has 0 unspecified atom stereocenters. The molecule has 0 aliphatic rings. The van der Waals surface area contributed by atoms with E-state index in [9.17, 15) is 14.3 Å². The average molecular weight is 199 g/mol. The number of hydrogen-bond donors (Lipinski definition) is 3. The molecule has 0 spiro atoms. The highest BCUT2D eigenvalue weighted by molar-refractivity contribution is 5.88. The first-order valence-electron chi connectivity index (χ1n) is 3.94. The smallest absolute Gasteiger partial charge is 0.338 e. The Morgan fingerprint density at radius 1 is 1.57 bits per heavy atom. The van der Waals surface area contributed by atoms with Crippen LogP contribution in [-0.2, 0) is 0 Å². The van der Waals surface area contributed by atoms with Gasteiger partial charge < -0.3 is 15.9 Å². The number of hydrogen-bond acceptors (Lipinski definition) is 3. The van der Waals surface area contributed by atoms with Crippen LogP contribution in [0.25, 0.3) is 0 Å². The summed E-state index contributed by atoms with van der Waals surface area (Å²) in [5, 5.41) is 17.9. The van der Waals surface area contributed by atoms with Crippen LogP contribution >= 0.6 is 0 Å². The van der Waals surface area contributed by atoms with E-state index in [4.69, 9.17) is 10.8 Å². The fourth-order valence-electron chi connectivity index (χ4n) is 1.11.